The minimum absolute atomic E-state index is 0.0231. The molecule has 5 rings (SSSR count). The van der Waals surface area contributed by atoms with E-state index in [9.17, 15) is 9.18 Å². The first-order valence-electron chi connectivity index (χ1n) is 9.75. The quantitative estimate of drug-likeness (QED) is 0.511. The van der Waals surface area contributed by atoms with Crippen LogP contribution < -0.4 is 10.6 Å². The third-order valence-corrected chi connectivity index (χ3v) is 6.26. The lowest BCUT2D eigenvalue weighted by atomic mass is 10.1. The molecule has 2 heterocycles. The number of aromatic nitrogens is 4. The van der Waals surface area contributed by atoms with Crippen molar-refractivity contribution in [3.63, 3.8) is 0 Å². The first-order chi connectivity index (χ1) is 14.7. The number of carbonyl (C=O) groups is 1. The Morgan fingerprint density at radius 2 is 2.03 bits per heavy atom. The Bertz CT molecular complexity index is 1190. The second kappa shape index (κ2) is 7.83. The Labute approximate surface area is 176 Å². The van der Waals surface area contributed by atoms with Crippen LogP contribution >= 0.6 is 11.3 Å². The number of benzene rings is 2. The number of halogens is 1. The van der Waals surface area contributed by atoms with Crippen LogP contribution in [0.5, 0.6) is 0 Å². The summed E-state index contributed by atoms with van der Waals surface area (Å²) in [5.74, 6) is -0.416. The van der Waals surface area contributed by atoms with Crippen molar-refractivity contribution in [3.05, 3.63) is 66.5 Å². The Balaban J connectivity index is 1.33. The lowest BCUT2D eigenvalue weighted by Crippen LogP contribution is -2.43. The van der Waals surface area contributed by atoms with Gasteiger partial charge < -0.3 is 10.6 Å². The summed E-state index contributed by atoms with van der Waals surface area (Å²) in [5.41, 5.74) is 2.00. The molecule has 0 aliphatic heterocycles. The summed E-state index contributed by atoms with van der Waals surface area (Å²) in [5, 5.41) is 11.5. The van der Waals surface area contributed by atoms with E-state index in [1.165, 1.54) is 29.8 Å². The van der Waals surface area contributed by atoms with E-state index in [-0.39, 0.29) is 23.8 Å². The van der Waals surface area contributed by atoms with Crippen molar-refractivity contribution in [3.8, 4) is 5.69 Å². The molecule has 0 unspecified atom stereocenters. The maximum atomic E-state index is 13.5. The Morgan fingerprint density at radius 1 is 1.17 bits per heavy atom. The maximum Gasteiger partial charge on any atom is 0.253 e. The molecule has 9 heteroatoms. The number of anilines is 1. The van der Waals surface area contributed by atoms with E-state index in [0.29, 0.717) is 11.3 Å². The molecule has 2 aromatic heterocycles. The number of hydrogen-bond acceptors (Lipinski definition) is 6. The fraction of sp³-hybridized carbons (Fsp3) is 0.238. The molecule has 7 nitrogen and oxygen atoms in total. The average molecular weight is 422 g/mol. The lowest BCUT2D eigenvalue weighted by Gasteiger charge is -2.22. The number of amides is 1. The summed E-state index contributed by atoms with van der Waals surface area (Å²) in [7, 11) is 0. The zero-order chi connectivity index (χ0) is 20.5. The van der Waals surface area contributed by atoms with Crippen LogP contribution in [0, 0.1) is 5.82 Å². The number of hydrogen-bond donors (Lipinski definition) is 2. The molecule has 1 aliphatic carbocycles. The topological polar surface area (TPSA) is 84.7 Å². The Morgan fingerprint density at radius 3 is 2.90 bits per heavy atom. The first kappa shape index (κ1) is 18.7. The van der Waals surface area contributed by atoms with Gasteiger partial charge in [0.05, 0.1) is 21.5 Å². The molecule has 152 valence electrons. The number of para-hydroxylation sites is 1. The zero-order valence-electron chi connectivity index (χ0n) is 16.0. The molecule has 2 N–H and O–H groups in total. The molecular weight excluding hydrogens is 403 g/mol. The zero-order valence-corrected chi connectivity index (χ0v) is 16.8. The smallest absolute Gasteiger partial charge is 0.253 e. The Hall–Kier alpha value is -3.33. The van der Waals surface area contributed by atoms with Crippen LogP contribution in [0.25, 0.3) is 15.9 Å². The molecule has 0 radical (unpaired) electrons. The van der Waals surface area contributed by atoms with Gasteiger partial charge in [-0.2, -0.15) is 5.10 Å². The summed E-state index contributed by atoms with van der Waals surface area (Å²) in [4.78, 5) is 21.5. The second-order valence-corrected chi connectivity index (χ2v) is 8.28. The van der Waals surface area contributed by atoms with Crippen LogP contribution in [0.4, 0.5) is 9.52 Å². The number of thiazole rings is 1. The minimum atomic E-state index is -0.269. The lowest BCUT2D eigenvalue weighted by molar-refractivity contribution is 0.0935. The van der Waals surface area contributed by atoms with Gasteiger partial charge in [0.1, 0.15) is 18.5 Å². The minimum Gasteiger partial charge on any atom is -0.357 e. The second-order valence-electron chi connectivity index (χ2n) is 7.25. The third-order valence-electron chi connectivity index (χ3n) is 5.31. The maximum absolute atomic E-state index is 13.5. The van der Waals surface area contributed by atoms with Gasteiger partial charge in [-0.3, -0.25) is 4.79 Å². The van der Waals surface area contributed by atoms with E-state index in [2.05, 4.69) is 25.7 Å². The van der Waals surface area contributed by atoms with Crippen molar-refractivity contribution >= 4 is 32.6 Å². The monoisotopic (exact) mass is 422 g/mol. The standard InChI is InChI=1S/C21H19FN6OS/c22-13-8-9-17-19(10-13)30-21(27-17)26-16-6-3-5-15(16)25-20(29)14-4-1-2-7-18(14)28-12-23-11-24-28/h1-2,4,7-12,15-16H,3,5-6H2,(H,25,29)(H,26,27)/t15-,16-/m1/s1. The molecule has 0 saturated heterocycles. The molecule has 1 amide bonds. The number of rotatable bonds is 5. The molecular formula is C21H19FN6OS. The SMILES string of the molecule is O=C(N[C@@H]1CCC[C@H]1Nc1nc2ccc(F)cc2s1)c1ccccc1-n1cncn1. The van der Waals surface area contributed by atoms with Crippen LogP contribution in [-0.2, 0) is 0 Å². The molecule has 1 aliphatic rings. The largest absolute Gasteiger partial charge is 0.357 e. The fourth-order valence-electron chi connectivity index (χ4n) is 3.87. The van der Waals surface area contributed by atoms with Gasteiger partial charge >= 0.3 is 0 Å². The predicted octanol–water partition coefficient (Wildman–Crippen LogP) is 3.78. The van der Waals surface area contributed by atoms with Gasteiger partial charge in [0.25, 0.3) is 5.91 Å². The molecule has 2 atom stereocenters. The van der Waals surface area contributed by atoms with Crippen molar-refractivity contribution in [2.75, 3.05) is 5.32 Å². The van der Waals surface area contributed by atoms with Crippen LogP contribution in [0.1, 0.15) is 29.6 Å². The van der Waals surface area contributed by atoms with Crippen molar-refractivity contribution in [1.29, 1.82) is 0 Å². The van der Waals surface area contributed by atoms with E-state index < -0.39 is 0 Å². The fourth-order valence-corrected chi connectivity index (χ4v) is 4.82. The van der Waals surface area contributed by atoms with Gasteiger partial charge in [-0.25, -0.2) is 19.0 Å². The normalized spacial score (nSPS) is 18.6. The van der Waals surface area contributed by atoms with Crippen molar-refractivity contribution in [2.45, 2.75) is 31.3 Å². The van der Waals surface area contributed by atoms with Crippen molar-refractivity contribution in [1.82, 2.24) is 25.1 Å². The van der Waals surface area contributed by atoms with E-state index in [0.717, 1.165) is 34.6 Å². The van der Waals surface area contributed by atoms with E-state index >= 15 is 0 Å². The summed E-state index contributed by atoms with van der Waals surface area (Å²) < 4.78 is 15.8. The molecule has 4 aromatic rings. The number of fused-ring (bicyclic) bond motifs is 1. The van der Waals surface area contributed by atoms with Crippen LogP contribution in [0.2, 0.25) is 0 Å². The first-order valence-corrected chi connectivity index (χ1v) is 10.6. The highest BCUT2D eigenvalue weighted by Gasteiger charge is 2.30. The highest BCUT2D eigenvalue weighted by atomic mass is 32.1. The number of nitrogens with zero attached hydrogens (tertiary/aromatic N) is 4. The third kappa shape index (κ3) is 3.63. The molecule has 1 fully saturated rings. The van der Waals surface area contributed by atoms with Crippen molar-refractivity contribution < 1.29 is 9.18 Å². The molecule has 30 heavy (non-hydrogen) atoms. The summed E-state index contributed by atoms with van der Waals surface area (Å²) in [6.07, 6.45) is 5.83. The summed E-state index contributed by atoms with van der Waals surface area (Å²) >= 11 is 1.42. The summed E-state index contributed by atoms with van der Waals surface area (Å²) in [6.45, 7) is 0. The number of carbonyl (C=O) groups excluding carboxylic acids is 1. The van der Waals surface area contributed by atoms with E-state index in [4.69, 9.17) is 0 Å². The van der Waals surface area contributed by atoms with Gasteiger partial charge in [-0.1, -0.05) is 23.5 Å². The van der Waals surface area contributed by atoms with Gasteiger partial charge in [-0.05, 0) is 49.6 Å². The van der Waals surface area contributed by atoms with Gasteiger partial charge in [0, 0.05) is 12.1 Å². The predicted molar refractivity (Wildman–Crippen MR) is 113 cm³/mol. The van der Waals surface area contributed by atoms with E-state index in [1.54, 1.807) is 23.1 Å². The molecule has 0 spiro atoms. The van der Waals surface area contributed by atoms with Gasteiger partial charge in [0.2, 0.25) is 0 Å². The van der Waals surface area contributed by atoms with Crippen LogP contribution in [0.15, 0.2) is 55.1 Å². The Kier molecular flexibility index (Phi) is 4.88. The highest BCUT2D eigenvalue weighted by Crippen LogP contribution is 2.30. The summed E-state index contributed by atoms with van der Waals surface area (Å²) in [6, 6.07) is 12.0. The molecule has 0 bridgehead atoms. The highest BCUT2D eigenvalue weighted by molar-refractivity contribution is 7.22. The molecule has 2 aromatic carbocycles. The number of nitrogens with one attached hydrogen (secondary N) is 2. The van der Waals surface area contributed by atoms with E-state index in [1.807, 2.05) is 18.2 Å². The van der Waals surface area contributed by atoms with Gasteiger partial charge in [-0.15, -0.1) is 0 Å². The van der Waals surface area contributed by atoms with Crippen molar-refractivity contribution in [2.24, 2.45) is 0 Å². The van der Waals surface area contributed by atoms with Crippen LogP contribution in [0.3, 0.4) is 0 Å². The molecule has 1 saturated carbocycles. The van der Waals surface area contributed by atoms with Crippen LogP contribution in [-0.4, -0.2) is 37.7 Å². The average Bonchev–Trinajstić information content (AvgIpc) is 3.49. The van der Waals surface area contributed by atoms with Gasteiger partial charge in [0.15, 0.2) is 5.13 Å².